The molecule has 1 saturated heterocycles. The van der Waals surface area contributed by atoms with Gasteiger partial charge in [0.15, 0.2) is 0 Å². The van der Waals surface area contributed by atoms with Gasteiger partial charge in [0, 0.05) is 52.2 Å². The molecule has 1 aliphatic rings. The quantitative estimate of drug-likeness (QED) is 0.691. The van der Waals surface area contributed by atoms with Gasteiger partial charge in [-0.2, -0.15) is 0 Å². The van der Waals surface area contributed by atoms with Crippen molar-refractivity contribution in [2.24, 2.45) is 0 Å². The van der Waals surface area contributed by atoms with Crippen LogP contribution in [0.5, 0.6) is 0 Å². The molecule has 0 aromatic rings. The van der Waals surface area contributed by atoms with Crippen LogP contribution >= 0.6 is 0 Å². The molecule has 4 heteroatoms. The third kappa shape index (κ3) is 4.52. The Hall–Kier alpha value is -1.05. The molecule has 0 aromatic carbocycles. The summed E-state index contributed by atoms with van der Waals surface area (Å²) in [6.45, 7) is 11.0. The number of piperazine rings is 1. The molecule has 0 N–H and O–H groups in total. The first-order valence-electron chi connectivity index (χ1n) is 7.14. The van der Waals surface area contributed by atoms with Gasteiger partial charge >= 0.3 is 0 Å². The average Bonchev–Trinajstić information content (AvgIpc) is 2.43. The fraction of sp³-hybridized carbons (Fsp3) is 0.800. The number of hydrogen-bond donors (Lipinski definition) is 0. The maximum atomic E-state index is 12.3. The van der Waals surface area contributed by atoms with Crippen molar-refractivity contribution in [3.8, 4) is 12.3 Å². The highest BCUT2D eigenvalue weighted by molar-refractivity contribution is 5.81. The molecule has 0 spiro atoms. The van der Waals surface area contributed by atoms with Crippen molar-refractivity contribution >= 4 is 5.91 Å². The number of hydrogen-bond acceptors (Lipinski definition) is 3. The standard InChI is InChI=1S/C15H27N3O/c1-6-7-8-17-9-11-18(12-10-17)14(4)15(19)16(5)13(2)3/h1,13-14H,7-12H2,2-5H3/t14-/m1/s1. The summed E-state index contributed by atoms with van der Waals surface area (Å²) in [7, 11) is 1.88. The minimum absolute atomic E-state index is 0.0258. The molecule has 0 radical (unpaired) electrons. The van der Waals surface area contributed by atoms with Crippen molar-refractivity contribution in [1.29, 1.82) is 0 Å². The molecule has 0 unspecified atom stereocenters. The van der Waals surface area contributed by atoms with E-state index in [0.29, 0.717) is 0 Å². The summed E-state index contributed by atoms with van der Waals surface area (Å²) < 4.78 is 0. The molecule has 1 heterocycles. The Bertz CT molecular complexity index is 327. The average molecular weight is 265 g/mol. The maximum Gasteiger partial charge on any atom is 0.239 e. The van der Waals surface area contributed by atoms with E-state index >= 15 is 0 Å². The molecule has 1 amide bonds. The summed E-state index contributed by atoms with van der Waals surface area (Å²) in [4.78, 5) is 18.8. The number of terminal acetylenes is 1. The van der Waals surface area contributed by atoms with Crippen LogP contribution < -0.4 is 0 Å². The first-order chi connectivity index (χ1) is 8.97. The van der Waals surface area contributed by atoms with E-state index in [9.17, 15) is 4.79 Å². The molecule has 1 aliphatic heterocycles. The predicted octanol–water partition coefficient (Wildman–Crippen LogP) is 0.883. The van der Waals surface area contributed by atoms with Crippen LogP contribution in [0.1, 0.15) is 27.2 Å². The summed E-state index contributed by atoms with van der Waals surface area (Å²) >= 11 is 0. The van der Waals surface area contributed by atoms with Crippen LogP contribution in [0.15, 0.2) is 0 Å². The van der Waals surface area contributed by atoms with E-state index in [2.05, 4.69) is 15.7 Å². The highest BCUT2D eigenvalue weighted by Crippen LogP contribution is 2.10. The van der Waals surface area contributed by atoms with Crippen molar-refractivity contribution in [3.05, 3.63) is 0 Å². The molecule has 0 aliphatic carbocycles. The van der Waals surface area contributed by atoms with Crippen LogP contribution in [0.2, 0.25) is 0 Å². The second-order valence-corrected chi connectivity index (χ2v) is 5.55. The Morgan fingerprint density at radius 2 is 1.84 bits per heavy atom. The van der Waals surface area contributed by atoms with Gasteiger partial charge in [0.1, 0.15) is 0 Å². The Kier molecular flexibility index (Phi) is 6.33. The molecule has 4 nitrogen and oxygen atoms in total. The van der Waals surface area contributed by atoms with Crippen molar-refractivity contribution in [1.82, 2.24) is 14.7 Å². The lowest BCUT2D eigenvalue weighted by Gasteiger charge is -2.38. The second kappa shape index (κ2) is 7.52. The number of rotatable bonds is 5. The first-order valence-corrected chi connectivity index (χ1v) is 7.14. The fourth-order valence-corrected chi connectivity index (χ4v) is 2.30. The zero-order valence-electron chi connectivity index (χ0n) is 12.7. The fourth-order valence-electron chi connectivity index (χ4n) is 2.30. The van der Waals surface area contributed by atoms with Gasteiger partial charge in [-0.25, -0.2) is 0 Å². The SMILES string of the molecule is C#CCCN1CCN([C@H](C)C(=O)N(C)C(C)C)CC1. The zero-order valence-corrected chi connectivity index (χ0v) is 12.7. The lowest BCUT2D eigenvalue weighted by molar-refractivity contribution is -0.137. The molecule has 1 fully saturated rings. The van der Waals surface area contributed by atoms with Gasteiger partial charge < -0.3 is 4.90 Å². The molecule has 108 valence electrons. The number of carbonyl (C=O) groups excluding carboxylic acids is 1. The predicted molar refractivity (Wildman–Crippen MR) is 78.8 cm³/mol. The lowest BCUT2D eigenvalue weighted by Crippen LogP contribution is -2.54. The Labute approximate surface area is 117 Å². The van der Waals surface area contributed by atoms with E-state index in [0.717, 1.165) is 39.1 Å². The third-order valence-corrected chi connectivity index (χ3v) is 4.01. The van der Waals surface area contributed by atoms with E-state index in [1.807, 2.05) is 32.7 Å². The molecular formula is C15H27N3O. The van der Waals surface area contributed by atoms with Crippen LogP contribution in [0.3, 0.4) is 0 Å². The van der Waals surface area contributed by atoms with Gasteiger partial charge in [-0.3, -0.25) is 14.6 Å². The third-order valence-electron chi connectivity index (χ3n) is 4.01. The smallest absolute Gasteiger partial charge is 0.239 e. The van der Waals surface area contributed by atoms with E-state index in [1.165, 1.54) is 0 Å². The first kappa shape index (κ1) is 16.0. The second-order valence-electron chi connectivity index (χ2n) is 5.55. The van der Waals surface area contributed by atoms with Crippen LogP contribution in [0, 0.1) is 12.3 Å². The lowest BCUT2D eigenvalue weighted by atomic mass is 10.2. The number of amides is 1. The van der Waals surface area contributed by atoms with Crippen molar-refractivity contribution in [2.45, 2.75) is 39.3 Å². The van der Waals surface area contributed by atoms with Crippen molar-refractivity contribution in [2.75, 3.05) is 39.8 Å². The number of nitrogens with zero attached hydrogens (tertiary/aromatic N) is 3. The van der Waals surface area contributed by atoms with E-state index in [-0.39, 0.29) is 18.0 Å². The molecular weight excluding hydrogens is 238 g/mol. The Morgan fingerprint density at radius 1 is 1.26 bits per heavy atom. The van der Waals surface area contributed by atoms with Crippen LogP contribution in [0.25, 0.3) is 0 Å². The van der Waals surface area contributed by atoms with Gasteiger partial charge in [-0.05, 0) is 20.8 Å². The summed E-state index contributed by atoms with van der Waals surface area (Å²) in [6, 6.07) is 0.231. The summed E-state index contributed by atoms with van der Waals surface area (Å²) in [5.41, 5.74) is 0. The summed E-state index contributed by atoms with van der Waals surface area (Å²) in [5.74, 6) is 2.89. The topological polar surface area (TPSA) is 26.8 Å². The van der Waals surface area contributed by atoms with E-state index in [1.54, 1.807) is 0 Å². The van der Waals surface area contributed by atoms with Gasteiger partial charge in [-0.15, -0.1) is 12.3 Å². The Balaban J connectivity index is 2.42. The largest absolute Gasteiger partial charge is 0.342 e. The van der Waals surface area contributed by atoms with Crippen LogP contribution in [-0.2, 0) is 4.79 Å². The zero-order chi connectivity index (χ0) is 14.4. The number of likely N-dealkylation sites (N-methyl/N-ethyl adjacent to an activating group) is 1. The van der Waals surface area contributed by atoms with Gasteiger partial charge in [0.2, 0.25) is 5.91 Å². The molecule has 19 heavy (non-hydrogen) atoms. The summed E-state index contributed by atoms with van der Waals surface area (Å²) in [6.07, 6.45) is 6.10. The van der Waals surface area contributed by atoms with Crippen molar-refractivity contribution < 1.29 is 4.79 Å². The molecule has 0 aromatic heterocycles. The monoisotopic (exact) mass is 265 g/mol. The number of carbonyl (C=O) groups is 1. The van der Waals surface area contributed by atoms with Crippen molar-refractivity contribution in [3.63, 3.8) is 0 Å². The van der Waals surface area contributed by atoms with Crippen LogP contribution in [0.4, 0.5) is 0 Å². The molecule has 0 saturated carbocycles. The minimum Gasteiger partial charge on any atom is -0.342 e. The molecule has 1 atom stereocenters. The summed E-state index contributed by atoms with van der Waals surface area (Å²) in [5, 5.41) is 0. The van der Waals surface area contributed by atoms with E-state index in [4.69, 9.17) is 6.42 Å². The van der Waals surface area contributed by atoms with Gasteiger partial charge in [-0.1, -0.05) is 0 Å². The normalized spacial score (nSPS) is 19.2. The highest BCUT2D eigenvalue weighted by Gasteiger charge is 2.27. The maximum absolute atomic E-state index is 12.3. The van der Waals surface area contributed by atoms with E-state index < -0.39 is 0 Å². The van der Waals surface area contributed by atoms with Gasteiger partial charge in [0.25, 0.3) is 0 Å². The molecule has 0 bridgehead atoms. The Morgan fingerprint density at radius 3 is 2.32 bits per heavy atom. The minimum atomic E-state index is -0.0258. The highest BCUT2D eigenvalue weighted by atomic mass is 16.2. The van der Waals surface area contributed by atoms with Crippen LogP contribution in [-0.4, -0.2) is 72.5 Å². The molecule has 1 rings (SSSR count). The van der Waals surface area contributed by atoms with Gasteiger partial charge in [0.05, 0.1) is 6.04 Å².